The molecule has 2 heteroatoms. The zero-order chi connectivity index (χ0) is 15.2. The van der Waals surface area contributed by atoms with Gasteiger partial charge in [-0.1, -0.05) is 55.8 Å². The van der Waals surface area contributed by atoms with E-state index in [1.807, 2.05) is 0 Å². The molecule has 0 aliphatic carbocycles. The maximum Gasteiger partial charge on any atom is 0.119 e. The van der Waals surface area contributed by atoms with Crippen LogP contribution in [-0.4, -0.2) is 19.2 Å². The van der Waals surface area contributed by atoms with Gasteiger partial charge in [-0.2, -0.15) is 0 Å². The molecule has 1 aliphatic heterocycles. The summed E-state index contributed by atoms with van der Waals surface area (Å²) in [6, 6.07) is 19.3. The lowest BCUT2D eigenvalue weighted by atomic mass is 9.89. The van der Waals surface area contributed by atoms with Crippen molar-refractivity contribution in [2.24, 2.45) is 0 Å². The normalized spacial score (nSPS) is 21.5. The third kappa shape index (κ3) is 3.69. The Bertz CT molecular complexity index is 564. The monoisotopic (exact) mass is 295 g/mol. The summed E-state index contributed by atoms with van der Waals surface area (Å²) >= 11 is 0. The van der Waals surface area contributed by atoms with Gasteiger partial charge in [-0.05, 0) is 42.6 Å². The number of hydrogen-bond acceptors (Lipinski definition) is 2. The average molecular weight is 295 g/mol. The summed E-state index contributed by atoms with van der Waals surface area (Å²) < 4.78 is 6.32. The molecule has 2 unspecified atom stereocenters. The molecule has 2 atom stereocenters. The van der Waals surface area contributed by atoms with Gasteiger partial charge in [0.1, 0.15) is 11.9 Å². The first kappa shape index (κ1) is 15.1. The van der Waals surface area contributed by atoms with Crippen molar-refractivity contribution in [3.63, 3.8) is 0 Å². The zero-order valence-corrected chi connectivity index (χ0v) is 13.3. The predicted molar refractivity (Wildman–Crippen MR) is 91.5 cm³/mol. The van der Waals surface area contributed by atoms with Crippen LogP contribution >= 0.6 is 0 Å². The van der Waals surface area contributed by atoms with Gasteiger partial charge in [-0.25, -0.2) is 0 Å². The van der Waals surface area contributed by atoms with Crippen LogP contribution in [-0.2, 0) is 6.42 Å². The number of benzene rings is 2. The fourth-order valence-corrected chi connectivity index (χ4v) is 3.21. The molecule has 0 radical (unpaired) electrons. The Morgan fingerprint density at radius 3 is 2.55 bits per heavy atom. The summed E-state index contributed by atoms with van der Waals surface area (Å²) in [6.45, 7) is 4.23. The van der Waals surface area contributed by atoms with Gasteiger partial charge in [0.2, 0.25) is 0 Å². The van der Waals surface area contributed by atoms with E-state index in [0.29, 0.717) is 5.92 Å². The van der Waals surface area contributed by atoms with Gasteiger partial charge in [-0.15, -0.1) is 0 Å². The molecule has 2 aromatic carbocycles. The molecule has 3 rings (SSSR count). The topological polar surface area (TPSA) is 21.3 Å². The summed E-state index contributed by atoms with van der Waals surface area (Å²) in [6.07, 6.45) is 3.63. The number of ether oxygens (including phenoxy) is 1. The second kappa shape index (κ2) is 7.46. The Kier molecular flexibility index (Phi) is 5.12. The minimum atomic E-state index is 0.251. The Morgan fingerprint density at radius 2 is 1.82 bits per heavy atom. The Labute approximate surface area is 133 Å². The molecule has 0 saturated carbocycles. The third-order valence-corrected chi connectivity index (χ3v) is 4.40. The van der Waals surface area contributed by atoms with Crippen molar-refractivity contribution >= 4 is 0 Å². The molecule has 2 nitrogen and oxygen atoms in total. The van der Waals surface area contributed by atoms with E-state index in [4.69, 9.17) is 4.74 Å². The Balaban J connectivity index is 1.71. The summed E-state index contributed by atoms with van der Waals surface area (Å²) in [5.41, 5.74) is 2.75. The molecule has 22 heavy (non-hydrogen) atoms. The number of aryl methyl sites for hydroxylation is 1. The van der Waals surface area contributed by atoms with E-state index < -0.39 is 0 Å². The molecule has 2 aromatic rings. The largest absolute Gasteiger partial charge is 0.490 e. The first-order valence-corrected chi connectivity index (χ1v) is 8.38. The van der Waals surface area contributed by atoms with E-state index in [1.165, 1.54) is 17.5 Å². The van der Waals surface area contributed by atoms with Crippen LogP contribution in [0.2, 0.25) is 0 Å². The molecule has 0 bridgehead atoms. The zero-order valence-electron chi connectivity index (χ0n) is 13.3. The second-order valence-corrected chi connectivity index (χ2v) is 6.06. The van der Waals surface area contributed by atoms with Crippen LogP contribution in [0.25, 0.3) is 0 Å². The summed E-state index contributed by atoms with van der Waals surface area (Å²) in [5, 5.41) is 3.49. The number of hydrogen-bond donors (Lipinski definition) is 1. The van der Waals surface area contributed by atoms with Crippen LogP contribution in [0.3, 0.4) is 0 Å². The lowest BCUT2D eigenvalue weighted by Gasteiger charge is -2.33. The van der Waals surface area contributed by atoms with Crippen LogP contribution < -0.4 is 10.1 Å². The van der Waals surface area contributed by atoms with E-state index in [-0.39, 0.29) is 6.10 Å². The molecule has 1 N–H and O–H groups in total. The molecular weight excluding hydrogens is 270 g/mol. The first-order chi connectivity index (χ1) is 10.9. The van der Waals surface area contributed by atoms with Crippen LogP contribution in [0.15, 0.2) is 54.6 Å². The highest BCUT2D eigenvalue weighted by Gasteiger charge is 2.27. The van der Waals surface area contributed by atoms with E-state index >= 15 is 0 Å². The van der Waals surface area contributed by atoms with Gasteiger partial charge in [0.05, 0.1) is 0 Å². The maximum atomic E-state index is 6.32. The molecule has 1 saturated heterocycles. The minimum Gasteiger partial charge on any atom is -0.490 e. The average Bonchev–Trinajstić information content (AvgIpc) is 2.58. The van der Waals surface area contributed by atoms with Gasteiger partial charge in [0.15, 0.2) is 0 Å². The summed E-state index contributed by atoms with van der Waals surface area (Å²) in [5.74, 6) is 1.41. The lowest BCUT2D eigenvalue weighted by Crippen LogP contribution is -2.41. The molecule has 1 fully saturated rings. The number of nitrogens with one attached hydrogen (secondary N) is 1. The van der Waals surface area contributed by atoms with Gasteiger partial charge in [-0.3, -0.25) is 0 Å². The molecule has 1 aliphatic rings. The standard InChI is InChI=1S/C20H25NO/c1-2-6-16-9-11-18(12-10-16)22-20-13-14-21-15-19(20)17-7-4-3-5-8-17/h3-5,7-12,19-21H,2,6,13-15H2,1H3. The molecule has 0 amide bonds. The highest BCUT2D eigenvalue weighted by molar-refractivity contribution is 5.29. The van der Waals surface area contributed by atoms with Crippen molar-refractivity contribution in [2.45, 2.75) is 38.2 Å². The minimum absolute atomic E-state index is 0.251. The smallest absolute Gasteiger partial charge is 0.119 e. The van der Waals surface area contributed by atoms with Crippen molar-refractivity contribution in [3.8, 4) is 5.75 Å². The van der Waals surface area contributed by atoms with E-state index in [1.54, 1.807) is 0 Å². The number of piperidine rings is 1. The first-order valence-electron chi connectivity index (χ1n) is 8.38. The predicted octanol–water partition coefficient (Wildman–Crippen LogP) is 4.16. The van der Waals surface area contributed by atoms with Gasteiger partial charge >= 0.3 is 0 Å². The van der Waals surface area contributed by atoms with Crippen LogP contribution in [0.5, 0.6) is 5.75 Å². The van der Waals surface area contributed by atoms with Crippen molar-refractivity contribution < 1.29 is 4.74 Å². The van der Waals surface area contributed by atoms with E-state index in [0.717, 1.165) is 31.7 Å². The quantitative estimate of drug-likeness (QED) is 0.894. The number of rotatable bonds is 5. The van der Waals surface area contributed by atoms with E-state index in [9.17, 15) is 0 Å². The SMILES string of the molecule is CCCc1ccc(OC2CCNCC2c2ccccc2)cc1. The van der Waals surface area contributed by atoms with Crippen molar-refractivity contribution in [1.82, 2.24) is 5.32 Å². The molecule has 0 spiro atoms. The van der Waals surface area contributed by atoms with Gasteiger partial charge < -0.3 is 10.1 Å². The molecule has 0 aromatic heterocycles. The molecular formula is C20H25NO. The molecule has 116 valence electrons. The molecule has 1 heterocycles. The second-order valence-electron chi connectivity index (χ2n) is 6.06. The lowest BCUT2D eigenvalue weighted by molar-refractivity contribution is 0.138. The summed E-state index contributed by atoms with van der Waals surface area (Å²) in [4.78, 5) is 0. The van der Waals surface area contributed by atoms with Crippen LogP contribution in [0, 0.1) is 0 Å². The summed E-state index contributed by atoms with van der Waals surface area (Å²) in [7, 11) is 0. The van der Waals surface area contributed by atoms with Crippen molar-refractivity contribution in [1.29, 1.82) is 0 Å². The van der Waals surface area contributed by atoms with Gasteiger partial charge in [0, 0.05) is 12.5 Å². The Morgan fingerprint density at radius 1 is 1.05 bits per heavy atom. The highest BCUT2D eigenvalue weighted by atomic mass is 16.5. The van der Waals surface area contributed by atoms with Crippen molar-refractivity contribution in [3.05, 3.63) is 65.7 Å². The van der Waals surface area contributed by atoms with Crippen molar-refractivity contribution in [2.75, 3.05) is 13.1 Å². The fraction of sp³-hybridized carbons (Fsp3) is 0.400. The Hall–Kier alpha value is -1.80. The van der Waals surface area contributed by atoms with Gasteiger partial charge in [0.25, 0.3) is 0 Å². The third-order valence-electron chi connectivity index (χ3n) is 4.40. The highest BCUT2D eigenvalue weighted by Crippen LogP contribution is 2.28. The fourth-order valence-electron chi connectivity index (χ4n) is 3.21. The van der Waals surface area contributed by atoms with E-state index in [2.05, 4.69) is 66.8 Å². The van der Waals surface area contributed by atoms with Crippen LogP contribution in [0.1, 0.15) is 36.8 Å². The van der Waals surface area contributed by atoms with Crippen LogP contribution in [0.4, 0.5) is 0 Å². The maximum absolute atomic E-state index is 6.32.